The van der Waals surface area contributed by atoms with Crippen LogP contribution < -0.4 is 0 Å². The van der Waals surface area contributed by atoms with Crippen molar-refractivity contribution in [3.63, 3.8) is 0 Å². The lowest BCUT2D eigenvalue weighted by Crippen LogP contribution is -2.43. The van der Waals surface area contributed by atoms with Crippen LogP contribution in [0.25, 0.3) is 0 Å². The van der Waals surface area contributed by atoms with Gasteiger partial charge in [0.1, 0.15) is 11.7 Å². The van der Waals surface area contributed by atoms with E-state index in [1.807, 2.05) is 13.8 Å². The minimum Gasteiger partial charge on any atom is -0.367 e. The van der Waals surface area contributed by atoms with Gasteiger partial charge in [0.25, 0.3) is 0 Å². The first-order valence-electron chi connectivity index (χ1n) is 6.47. The lowest BCUT2D eigenvalue weighted by molar-refractivity contribution is -0.179. The number of rotatable bonds is 2. The molecule has 3 fully saturated rings. The van der Waals surface area contributed by atoms with Gasteiger partial charge in [0.2, 0.25) is 0 Å². The fraction of sp³-hybridized carbons (Fsp3) is 1.00. The molecule has 98 valence electrons. The Morgan fingerprint density at radius 3 is 2.12 bits per heavy atom. The normalized spacial score (nSPS) is 52.9. The molecule has 0 unspecified atom stereocenters. The third kappa shape index (κ3) is 2.01. The number of hydrogen-bond acceptors (Lipinski definition) is 4. The molecule has 0 spiro atoms. The minimum atomic E-state index is -0.477. The van der Waals surface area contributed by atoms with E-state index in [0.29, 0.717) is 6.61 Å². The molecular formula is C13H22O4. The summed E-state index contributed by atoms with van der Waals surface area (Å²) in [5.74, 6) is -0.477. The fourth-order valence-electron chi connectivity index (χ4n) is 2.82. The average molecular weight is 242 g/mol. The zero-order valence-electron chi connectivity index (χ0n) is 11.1. The van der Waals surface area contributed by atoms with Crippen molar-refractivity contribution in [2.24, 2.45) is 0 Å². The van der Waals surface area contributed by atoms with Crippen molar-refractivity contribution < 1.29 is 18.9 Å². The van der Waals surface area contributed by atoms with Gasteiger partial charge in [0.05, 0.1) is 24.9 Å². The predicted molar refractivity (Wildman–Crippen MR) is 61.8 cm³/mol. The number of epoxide rings is 1. The van der Waals surface area contributed by atoms with Crippen LogP contribution in [0.1, 0.15) is 40.5 Å². The second-order valence-corrected chi connectivity index (χ2v) is 6.38. The topological polar surface area (TPSA) is 40.2 Å². The summed E-state index contributed by atoms with van der Waals surface area (Å²) >= 11 is 0. The van der Waals surface area contributed by atoms with E-state index in [-0.39, 0.29) is 23.4 Å². The van der Waals surface area contributed by atoms with E-state index in [4.69, 9.17) is 18.9 Å². The van der Waals surface area contributed by atoms with Gasteiger partial charge in [-0.25, -0.2) is 0 Å². The van der Waals surface area contributed by atoms with Gasteiger partial charge in [-0.3, -0.25) is 0 Å². The standard InChI is InChI=1S/C13H22O4/c1-11(2)14-7-10(16-11)12(3)6-5-9(17-12)13(4)8-15-13/h9-10H,5-8H2,1-4H3/t9-,10+,12-,13-/m1/s1. The molecule has 0 aromatic heterocycles. The highest BCUT2D eigenvalue weighted by Crippen LogP contribution is 2.46. The Morgan fingerprint density at radius 2 is 1.59 bits per heavy atom. The van der Waals surface area contributed by atoms with Crippen LogP contribution in [0, 0.1) is 0 Å². The van der Waals surface area contributed by atoms with Gasteiger partial charge in [-0.1, -0.05) is 0 Å². The first-order chi connectivity index (χ1) is 7.83. The van der Waals surface area contributed by atoms with Gasteiger partial charge in [-0.2, -0.15) is 0 Å². The van der Waals surface area contributed by atoms with Crippen LogP contribution in [0.4, 0.5) is 0 Å². The highest BCUT2D eigenvalue weighted by Gasteiger charge is 2.57. The van der Waals surface area contributed by atoms with E-state index >= 15 is 0 Å². The molecule has 0 bridgehead atoms. The zero-order chi connectivity index (χ0) is 12.3. The van der Waals surface area contributed by atoms with E-state index in [2.05, 4.69) is 13.8 Å². The second-order valence-electron chi connectivity index (χ2n) is 6.38. The zero-order valence-corrected chi connectivity index (χ0v) is 11.1. The first-order valence-corrected chi connectivity index (χ1v) is 6.47. The molecule has 0 N–H and O–H groups in total. The van der Waals surface area contributed by atoms with E-state index in [0.717, 1.165) is 19.4 Å². The molecule has 0 amide bonds. The molecule has 3 rings (SSSR count). The van der Waals surface area contributed by atoms with Crippen LogP contribution in [0.15, 0.2) is 0 Å². The number of ether oxygens (including phenoxy) is 4. The Bertz CT molecular complexity index is 323. The summed E-state index contributed by atoms with van der Waals surface area (Å²) in [4.78, 5) is 0. The quantitative estimate of drug-likeness (QED) is 0.693. The average Bonchev–Trinajstić information content (AvgIpc) is 2.71. The molecule has 4 heteroatoms. The maximum absolute atomic E-state index is 6.22. The van der Waals surface area contributed by atoms with Crippen LogP contribution in [0.2, 0.25) is 0 Å². The van der Waals surface area contributed by atoms with Crippen molar-refractivity contribution in [1.29, 1.82) is 0 Å². The summed E-state index contributed by atoms with van der Waals surface area (Å²) in [7, 11) is 0. The van der Waals surface area contributed by atoms with Crippen LogP contribution in [-0.2, 0) is 18.9 Å². The molecule has 3 aliphatic rings. The Hall–Kier alpha value is -0.160. The van der Waals surface area contributed by atoms with Gasteiger partial charge < -0.3 is 18.9 Å². The van der Waals surface area contributed by atoms with Crippen LogP contribution in [0.5, 0.6) is 0 Å². The van der Waals surface area contributed by atoms with E-state index in [1.165, 1.54) is 0 Å². The molecule has 0 aromatic carbocycles. The van der Waals surface area contributed by atoms with Crippen molar-refractivity contribution in [2.45, 2.75) is 69.7 Å². The smallest absolute Gasteiger partial charge is 0.163 e. The Labute approximate surface area is 103 Å². The van der Waals surface area contributed by atoms with Crippen molar-refractivity contribution in [3.8, 4) is 0 Å². The molecule has 0 aliphatic carbocycles. The third-order valence-electron chi connectivity index (χ3n) is 4.28. The lowest BCUT2D eigenvalue weighted by Gasteiger charge is -2.31. The predicted octanol–water partition coefficient (Wildman–Crippen LogP) is 1.86. The molecular weight excluding hydrogens is 220 g/mol. The van der Waals surface area contributed by atoms with Gasteiger partial charge in [0.15, 0.2) is 5.79 Å². The van der Waals surface area contributed by atoms with Crippen molar-refractivity contribution in [1.82, 2.24) is 0 Å². The molecule has 3 aliphatic heterocycles. The lowest BCUT2D eigenvalue weighted by atomic mass is 9.94. The largest absolute Gasteiger partial charge is 0.367 e. The Kier molecular flexibility index (Phi) is 2.41. The summed E-state index contributed by atoms with van der Waals surface area (Å²) in [6, 6.07) is 0. The number of hydrogen-bond donors (Lipinski definition) is 0. The van der Waals surface area contributed by atoms with E-state index in [9.17, 15) is 0 Å². The van der Waals surface area contributed by atoms with Crippen molar-refractivity contribution >= 4 is 0 Å². The van der Waals surface area contributed by atoms with Crippen LogP contribution in [-0.4, -0.2) is 42.4 Å². The van der Waals surface area contributed by atoms with E-state index in [1.54, 1.807) is 0 Å². The highest BCUT2D eigenvalue weighted by molar-refractivity contribution is 5.04. The monoisotopic (exact) mass is 242 g/mol. The third-order valence-corrected chi connectivity index (χ3v) is 4.28. The molecule has 0 radical (unpaired) electrons. The second kappa shape index (κ2) is 3.44. The highest BCUT2D eigenvalue weighted by atomic mass is 16.8. The van der Waals surface area contributed by atoms with Crippen LogP contribution in [0.3, 0.4) is 0 Å². The Balaban J connectivity index is 1.67. The molecule has 4 nitrogen and oxygen atoms in total. The SMILES string of the molecule is CC1(C)OC[C@@H]([C@@]2(C)CC[C@H]([C@@]3(C)CO3)O2)O1. The van der Waals surface area contributed by atoms with Crippen molar-refractivity contribution in [3.05, 3.63) is 0 Å². The summed E-state index contributed by atoms with van der Waals surface area (Å²) < 4.78 is 23.3. The minimum absolute atomic E-state index is 0.0323. The molecule has 3 heterocycles. The Morgan fingerprint density at radius 1 is 0.882 bits per heavy atom. The summed E-state index contributed by atoms with van der Waals surface area (Å²) in [5.41, 5.74) is -0.278. The molecule has 17 heavy (non-hydrogen) atoms. The summed E-state index contributed by atoms with van der Waals surface area (Å²) in [6.45, 7) is 9.60. The van der Waals surface area contributed by atoms with Gasteiger partial charge in [-0.15, -0.1) is 0 Å². The molecule has 0 aromatic rings. The first kappa shape index (κ1) is 11.9. The van der Waals surface area contributed by atoms with Gasteiger partial charge in [-0.05, 0) is 40.5 Å². The van der Waals surface area contributed by atoms with Gasteiger partial charge in [0, 0.05) is 0 Å². The maximum Gasteiger partial charge on any atom is 0.163 e. The molecule has 4 atom stereocenters. The molecule has 0 saturated carbocycles. The summed E-state index contributed by atoms with van der Waals surface area (Å²) in [6.07, 6.45) is 2.30. The van der Waals surface area contributed by atoms with Crippen molar-refractivity contribution in [2.75, 3.05) is 13.2 Å². The van der Waals surface area contributed by atoms with Crippen LogP contribution >= 0.6 is 0 Å². The maximum atomic E-state index is 6.22. The van der Waals surface area contributed by atoms with E-state index < -0.39 is 5.79 Å². The molecule has 3 saturated heterocycles. The fourth-order valence-corrected chi connectivity index (χ4v) is 2.82. The summed E-state index contributed by atoms with van der Waals surface area (Å²) in [5, 5.41) is 0. The van der Waals surface area contributed by atoms with Gasteiger partial charge >= 0.3 is 0 Å².